The summed E-state index contributed by atoms with van der Waals surface area (Å²) in [7, 11) is 0. The molecule has 2 N–H and O–H groups in total. The number of morpholine rings is 1. The fourth-order valence-electron chi connectivity index (χ4n) is 6.38. The van der Waals surface area contributed by atoms with Gasteiger partial charge in [-0.15, -0.1) is 0 Å². The van der Waals surface area contributed by atoms with E-state index in [0.29, 0.717) is 6.04 Å². The van der Waals surface area contributed by atoms with Crippen LogP contribution in [0.3, 0.4) is 0 Å². The molecule has 1 saturated heterocycles. The first-order valence-electron chi connectivity index (χ1n) is 8.77. The molecule has 114 valence electrons. The Morgan fingerprint density at radius 1 is 1.00 bits per heavy atom. The Bertz CT molecular complexity index is 329. The number of nitrogens with one attached hydrogen (secondary N) is 1. The molecule has 0 amide bonds. The highest BCUT2D eigenvalue weighted by molar-refractivity contribution is 5.05. The van der Waals surface area contributed by atoms with E-state index in [2.05, 4.69) is 6.92 Å². The van der Waals surface area contributed by atoms with Crippen molar-refractivity contribution in [2.45, 2.75) is 57.6 Å². The summed E-state index contributed by atoms with van der Waals surface area (Å²) < 4.78 is 5.48. The van der Waals surface area contributed by atoms with Crippen molar-refractivity contribution in [1.29, 1.82) is 0 Å². The largest absolute Gasteiger partial charge is 0.386 e. The molecule has 4 saturated carbocycles. The highest BCUT2D eigenvalue weighted by Crippen LogP contribution is 2.61. The predicted octanol–water partition coefficient (Wildman–Crippen LogP) is 0.867. The molecule has 1 aliphatic heterocycles. The summed E-state index contributed by atoms with van der Waals surface area (Å²) in [6, 6.07) is 0.384. The number of aliphatic hydroxyl groups is 1. The Labute approximate surface area is 122 Å². The molecule has 3 nitrogen and oxygen atoms in total. The second-order valence-corrected chi connectivity index (χ2v) is 8.28. The Morgan fingerprint density at radius 2 is 1.50 bits per heavy atom. The molecule has 4 aliphatic carbocycles. The average Bonchev–Trinajstić information content (AvgIpc) is 2.45. The van der Waals surface area contributed by atoms with Gasteiger partial charge in [0.15, 0.2) is 0 Å². The smallest absolute Gasteiger partial charge is 0.112 e. The van der Waals surface area contributed by atoms with Gasteiger partial charge in [-0.25, -0.2) is 0 Å². The number of hydrogen-bond acceptors (Lipinski definition) is 2. The average molecular weight is 280 g/mol. The molecule has 0 unspecified atom stereocenters. The summed E-state index contributed by atoms with van der Waals surface area (Å²) in [4.78, 5) is 1.57. The highest BCUT2D eigenvalue weighted by atomic mass is 16.5. The number of rotatable bonds is 3. The topological polar surface area (TPSA) is 33.9 Å². The summed E-state index contributed by atoms with van der Waals surface area (Å²) in [5.41, 5.74) is 0.277. The van der Waals surface area contributed by atoms with Crippen molar-refractivity contribution in [3.8, 4) is 0 Å². The lowest BCUT2D eigenvalue weighted by atomic mass is 9.47. The van der Waals surface area contributed by atoms with Crippen LogP contribution in [0.1, 0.15) is 45.4 Å². The molecule has 4 bridgehead atoms. The van der Waals surface area contributed by atoms with Crippen molar-refractivity contribution in [2.24, 2.45) is 23.2 Å². The molecule has 2 atom stereocenters. The van der Waals surface area contributed by atoms with Crippen molar-refractivity contribution in [2.75, 3.05) is 26.3 Å². The summed E-state index contributed by atoms with van der Waals surface area (Å²) in [5, 5.41) is 11.2. The maximum Gasteiger partial charge on any atom is 0.112 e. The molecular formula is C17H30NO2+. The maximum absolute atomic E-state index is 11.2. The van der Waals surface area contributed by atoms with E-state index in [1.54, 1.807) is 4.90 Å². The van der Waals surface area contributed by atoms with E-state index in [1.165, 1.54) is 38.5 Å². The Kier molecular flexibility index (Phi) is 3.36. The zero-order valence-electron chi connectivity index (χ0n) is 12.8. The van der Waals surface area contributed by atoms with Crippen LogP contribution in [0.25, 0.3) is 0 Å². The van der Waals surface area contributed by atoms with Gasteiger partial charge in [-0.2, -0.15) is 0 Å². The number of quaternary nitrogens is 1. The minimum atomic E-state index is -0.0935. The second kappa shape index (κ2) is 4.96. The van der Waals surface area contributed by atoms with E-state index in [4.69, 9.17) is 4.74 Å². The third kappa shape index (κ3) is 2.13. The van der Waals surface area contributed by atoms with Gasteiger partial charge in [0, 0.05) is 5.41 Å². The predicted molar refractivity (Wildman–Crippen MR) is 77.6 cm³/mol. The first-order chi connectivity index (χ1) is 9.66. The fraction of sp³-hybridized carbons (Fsp3) is 1.00. The van der Waals surface area contributed by atoms with E-state index < -0.39 is 0 Å². The van der Waals surface area contributed by atoms with Crippen LogP contribution in [-0.2, 0) is 4.74 Å². The highest BCUT2D eigenvalue weighted by Gasteiger charge is 2.56. The van der Waals surface area contributed by atoms with Gasteiger partial charge in [-0.1, -0.05) is 0 Å². The van der Waals surface area contributed by atoms with Gasteiger partial charge in [0.25, 0.3) is 0 Å². The fourth-order valence-corrected chi connectivity index (χ4v) is 6.38. The van der Waals surface area contributed by atoms with Gasteiger partial charge in [-0.05, 0) is 63.2 Å². The molecule has 3 heteroatoms. The zero-order valence-corrected chi connectivity index (χ0v) is 12.8. The van der Waals surface area contributed by atoms with Crippen molar-refractivity contribution in [3.63, 3.8) is 0 Å². The lowest BCUT2D eigenvalue weighted by Crippen LogP contribution is -3.18. The van der Waals surface area contributed by atoms with Crippen LogP contribution in [0.4, 0.5) is 0 Å². The SMILES string of the molecule is C[C@H]([C@@H](O)C12CC3CC(CC(C3)C1)C2)[NH+]1CCOCC1. The quantitative estimate of drug-likeness (QED) is 0.804. The maximum atomic E-state index is 11.2. The normalized spacial score (nSPS) is 47.4. The Morgan fingerprint density at radius 3 is 2.00 bits per heavy atom. The van der Waals surface area contributed by atoms with Crippen molar-refractivity contribution < 1.29 is 14.7 Å². The minimum Gasteiger partial charge on any atom is -0.386 e. The van der Waals surface area contributed by atoms with Gasteiger partial charge >= 0.3 is 0 Å². The van der Waals surface area contributed by atoms with Crippen molar-refractivity contribution in [3.05, 3.63) is 0 Å². The van der Waals surface area contributed by atoms with E-state index >= 15 is 0 Å². The van der Waals surface area contributed by atoms with Crippen LogP contribution in [0.15, 0.2) is 0 Å². The monoisotopic (exact) mass is 280 g/mol. The molecule has 5 fully saturated rings. The molecule has 1 heterocycles. The van der Waals surface area contributed by atoms with Crippen LogP contribution in [-0.4, -0.2) is 43.6 Å². The van der Waals surface area contributed by atoms with Crippen LogP contribution in [0, 0.1) is 23.2 Å². The molecule has 5 rings (SSSR count). The lowest BCUT2D eigenvalue weighted by molar-refractivity contribution is -0.935. The van der Waals surface area contributed by atoms with Gasteiger partial charge in [0.1, 0.15) is 25.2 Å². The van der Waals surface area contributed by atoms with Crippen LogP contribution >= 0.6 is 0 Å². The standard InChI is InChI=1S/C17H29NO2/c1-12(18-2-4-20-5-3-18)16(19)17-9-13-6-14(10-17)8-15(7-13)11-17/h12-16,19H,2-11H2,1H3/p+1/t12-,13?,14?,15?,16-,17?/m1/s1. The second-order valence-electron chi connectivity index (χ2n) is 8.28. The van der Waals surface area contributed by atoms with E-state index in [1.807, 2.05) is 0 Å². The summed E-state index contributed by atoms with van der Waals surface area (Å²) >= 11 is 0. The van der Waals surface area contributed by atoms with Gasteiger partial charge in [0.2, 0.25) is 0 Å². The van der Waals surface area contributed by atoms with Crippen LogP contribution in [0.5, 0.6) is 0 Å². The number of aliphatic hydroxyl groups excluding tert-OH is 1. The summed E-state index contributed by atoms with van der Waals surface area (Å²) in [6.07, 6.45) is 8.24. The summed E-state index contributed by atoms with van der Waals surface area (Å²) in [5.74, 6) is 2.80. The van der Waals surface area contributed by atoms with E-state index in [0.717, 1.165) is 44.1 Å². The number of ether oxygens (including phenoxy) is 1. The van der Waals surface area contributed by atoms with Crippen molar-refractivity contribution >= 4 is 0 Å². The summed E-state index contributed by atoms with van der Waals surface area (Å²) in [6.45, 7) is 6.17. The van der Waals surface area contributed by atoms with Crippen molar-refractivity contribution in [1.82, 2.24) is 0 Å². The third-order valence-corrected chi connectivity index (χ3v) is 6.97. The van der Waals surface area contributed by atoms with Crippen LogP contribution in [0.2, 0.25) is 0 Å². The molecule has 20 heavy (non-hydrogen) atoms. The van der Waals surface area contributed by atoms with Gasteiger partial charge < -0.3 is 14.7 Å². The van der Waals surface area contributed by atoms with Gasteiger partial charge in [-0.3, -0.25) is 0 Å². The third-order valence-electron chi connectivity index (χ3n) is 6.97. The molecule has 0 radical (unpaired) electrons. The first-order valence-corrected chi connectivity index (χ1v) is 8.77. The minimum absolute atomic E-state index is 0.0935. The Hall–Kier alpha value is -0.120. The van der Waals surface area contributed by atoms with E-state index in [-0.39, 0.29) is 11.5 Å². The van der Waals surface area contributed by atoms with Gasteiger partial charge in [0.05, 0.1) is 13.2 Å². The molecule has 0 aromatic heterocycles. The zero-order chi connectivity index (χ0) is 13.7. The first kappa shape index (κ1) is 13.5. The number of hydrogen-bond donors (Lipinski definition) is 2. The van der Waals surface area contributed by atoms with Crippen LogP contribution < -0.4 is 4.90 Å². The molecule has 0 spiro atoms. The molecule has 0 aromatic carbocycles. The molecule has 5 aliphatic rings. The molecular weight excluding hydrogens is 250 g/mol. The molecule has 0 aromatic rings. The van der Waals surface area contributed by atoms with E-state index in [9.17, 15) is 5.11 Å². The lowest BCUT2D eigenvalue weighted by Gasteiger charge is -2.59. The Balaban J connectivity index is 1.51.